The Labute approximate surface area is 92.5 Å². The zero-order valence-corrected chi connectivity index (χ0v) is 10.2. The quantitative estimate of drug-likeness (QED) is 0.804. The SMILES string of the molecule is CC.CC(C)NCc1ccc(Cl)cc1. The summed E-state index contributed by atoms with van der Waals surface area (Å²) >= 11 is 5.75. The number of benzene rings is 1. The van der Waals surface area contributed by atoms with Crippen molar-refractivity contribution in [3.8, 4) is 0 Å². The van der Waals surface area contributed by atoms with E-state index in [0.29, 0.717) is 6.04 Å². The minimum absolute atomic E-state index is 0.528. The molecule has 0 saturated carbocycles. The predicted molar refractivity (Wildman–Crippen MR) is 64.8 cm³/mol. The van der Waals surface area contributed by atoms with E-state index in [2.05, 4.69) is 19.2 Å². The average molecular weight is 214 g/mol. The van der Waals surface area contributed by atoms with Crippen molar-refractivity contribution in [3.05, 3.63) is 34.9 Å². The summed E-state index contributed by atoms with van der Waals surface area (Å²) in [6, 6.07) is 8.44. The van der Waals surface area contributed by atoms with E-state index in [4.69, 9.17) is 11.6 Å². The van der Waals surface area contributed by atoms with Gasteiger partial charge in [-0.2, -0.15) is 0 Å². The van der Waals surface area contributed by atoms with E-state index in [1.54, 1.807) is 0 Å². The van der Waals surface area contributed by atoms with Crippen LogP contribution in [-0.4, -0.2) is 6.04 Å². The first-order chi connectivity index (χ1) is 6.68. The van der Waals surface area contributed by atoms with E-state index in [0.717, 1.165) is 11.6 Å². The van der Waals surface area contributed by atoms with E-state index in [1.165, 1.54) is 5.56 Å². The Hall–Kier alpha value is -0.530. The first kappa shape index (κ1) is 13.5. The van der Waals surface area contributed by atoms with Crippen LogP contribution in [0, 0.1) is 0 Å². The normalized spacial score (nSPS) is 9.57. The van der Waals surface area contributed by atoms with Crippen molar-refractivity contribution in [2.45, 2.75) is 40.3 Å². The molecule has 0 aliphatic heterocycles. The monoisotopic (exact) mass is 213 g/mol. The lowest BCUT2D eigenvalue weighted by atomic mass is 10.2. The summed E-state index contributed by atoms with van der Waals surface area (Å²) in [5, 5.41) is 4.13. The molecule has 0 aromatic heterocycles. The molecule has 0 fully saturated rings. The third-order valence-corrected chi connectivity index (χ3v) is 1.88. The Morgan fingerprint density at radius 3 is 2.07 bits per heavy atom. The topological polar surface area (TPSA) is 12.0 Å². The number of rotatable bonds is 3. The zero-order valence-electron chi connectivity index (χ0n) is 9.47. The maximum Gasteiger partial charge on any atom is 0.0406 e. The van der Waals surface area contributed by atoms with Gasteiger partial charge in [-0.05, 0) is 17.7 Å². The first-order valence-corrected chi connectivity index (χ1v) is 5.54. The molecule has 1 N–H and O–H groups in total. The van der Waals surface area contributed by atoms with Crippen molar-refractivity contribution >= 4 is 11.6 Å². The lowest BCUT2D eigenvalue weighted by molar-refractivity contribution is 0.589. The van der Waals surface area contributed by atoms with E-state index in [9.17, 15) is 0 Å². The third-order valence-electron chi connectivity index (χ3n) is 1.63. The van der Waals surface area contributed by atoms with Gasteiger partial charge in [-0.3, -0.25) is 0 Å². The molecule has 1 aromatic rings. The summed E-state index contributed by atoms with van der Waals surface area (Å²) in [4.78, 5) is 0. The molecule has 14 heavy (non-hydrogen) atoms. The Bertz CT molecular complexity index is 229. The second-order valence-corrected chi connectivity index (χ2v) is 3.60. The summed E-state index contributed by atoms with van der Waals surface area (Å²) < 4.78 is 0. The van der Waals surface area contributed by atoms with E-state index in [1.807, 2.05) is 38.1 Å². The average Bonchev–Trinajstić information content (AvgIpc) is 2.20. The van der Waals surface area contributed by atoms with Crippen molar-refractivity contribution in [2.75, 3.05) is 0 Å². The van der Waals surface area contributed by atoms with Crippen LogP contribution in [0.1, 0.15) is 33.3 Å². The number of nitrogens with one attached hydrogen (secondary N) is 1. The fourth-order valence-corrected chi connectivity index (χ4v) is 1.05. The van der Waals surface area contributed by atoms with Crippen molar-refractivity contribution in [1.29, 1.82) is 0 Å². The van der Waals surface area contributed by atoms with E-state index < -0.39 is 0 Å². The molecule has 0 bridgehead atoms. The van der Waals surface area contributed by atoms with Crippen molar-refractivity contribution in [2.24, 2.45) is 0 Å². The van der Waals surface area contributed by atoms with Gasteiger partial charge in [0.2, 0.25) is 0 Å². The van der Waals surface area contributed by atoms with Crippen LogP contribution < -0.4 is 5.32 Å². The zero-order chi connectivity index (χ0) is 11.0. The van der Waals surface area contributed by atoms with Gasteiger partial charge in [-0.25, -0.2) is 0 Å². The van der Waals surface area contributed by atoms with Crippen LogP contribution in [0.4, 0.5) is 0 Å². The highest BCUT2D eigenvalue weighted by molar-refractivity contribution is 6.30. The van der Waals surface area contributed by atoms with Crippen LogP contribution in [-0.2, 0) is 6.54 Å². The molecule has 1 rings (SSSR count). The molecule has 0 spiro atoms. The molecule has 0 atom stereocenters. The smallest absolute Gasteiger partial charge is 0.0406 e. The van der Waals surface area contributed by atoms with Crippen molar-refractivity contribution in [3.63, 3.8) is 0 Å². The van der Waals surface area contributed by atoms with Gasteiger partial charge in [-0.15, -0.1) is 0 Å². The summed E-state index contributed by atoms with van der Waals surface area (Å²) in [5.74, 6) is 0. The van der Waals surface area contributed by atoms with Gasteiger partial charge in [-0.1, -0.05) is 51.4 Å². The van der Waals surface area contributed by atoms with Crippen LogP contribution in [0.2, 0.25) is 5.02 Å². The molecule has 0 radical (unpaired) electrons. The van der Waals surface area contributed by atoms with Crippen LogP contribution >= 0.6 is 11.6 Å². The third kappa shape index (κ3) is 6.01. The fraction of sp³-hybridized carbons (Fsp3) is 0.500. The van der Waals surface area contributed by atoms with Gasteiger partial charge in [0.15, 0.2) is 0 Å². The number of hydrogen-bond acceptors (Lipinski definition) is 1. The minimum Gasteiger partial charge on any atom is -0.310 e. The first-order valence-electron chi connectivity index (χ1n) is 5.16. The maximum atomic E-state index is 5.75. The highest BCUT2D eigenvalue weighted by Gasteiger charge is 1.94. The summed E-state index contributed by atoms with van der Waals surface area (Å²) in [7, 11) is 0. The highest BCUT2D eigenvalue weighted by atomic mass is 35.5. The Morgan fingerprint density at radius 1 is 1.14 bits per heavy atom. The maximum absolute atomic E-state index is 5.75. The molecule has 1 aromatic carbocycles. The summed E-state index contributed by atoms with van der Waals surface area (Å²) in [6.45, 7) is 9.18. The lowest BCUT2D eigenvalue weighted by Crippen LogP contribution is -2.21. The van der Waals surface area contributed by atoms with Gasteiger partial charge in [0, 0.05) is 17.6 Å². The molecule has 0 saturated heterocycles. The van der Waals surface area contributed by atoms with Crippen LogP contribution in [0.15, 0.2) is 24.3 Å². The molecular formula is C12H20ClN. The predicted octanol–water partition coefficient (Wildman–Crippen LogP) is 3.86. The molecule has 80 valence electrons. The summed E-state index contributed by atoms with van der Waals surface area (Å²) in [5.41, 5.74) is 1.27. The second-order valence-electron chi connectivity index (χ2n) is 3.16. The van der Waals surface area contributed by atoms with Crippen molar-refractivity contribution < 1.29 is 0 Å². The standard InChI is InChI=1S/C10H14ClN.C2H6/c1-8(2)12-7-9-3-5-10(11)6-4-9;1-2/h3-6,8,12H,7H2,1-2H3;1-2H3. The number of hydrogen-bond donors (Lipinski definition) is 1. The fourth-order valence-electron chi connectivity index (χ4n) is 0.924. The van der Waals surface area contributed by atoms with Crippen LogP contribution in [0.25, 0.3) is 0 Å². The molecule has 0 aliphatic rings. The second kappa shape index (κ2) is 7.84. The largest absolute Gasteiger partial charge is 0.310 e. The molecule has 2 heteroatoms. The lowest BCUT2D eigenvalue weighted by Gasteiger charge is -2.07. The van der Waals surface area contributed by atoms with Gasteiger partial charge in [0.05, 0.1) is 0 Å². The van der Waals surface area contributed by atoms with E-state index in [-0.39, 0.29) is 0 Å². The molecule has 0 heterocycles. The van der Waals surface area contributed by atoms with Gasteiger partial charge in [0.1, 0.15) is 0 Å². The molecule has 0 unspecified atom stereocenters. The molecule has 0 aliphatic carbocycles. The van der Waals surface area contributed by atoms with Crippen molar-refractivity contribution in [1.82, 2.24) is 5.32 Å². The summed E-state index contributed by atoms with van der Waals surface area (Å²) in [6.07, 6.45) is 0. The molecule has 1 nitrogen and oxygen atoms in total. The Kier molecular flexibility index (Phi) is 7.54. The molecule has 0 amide bonds. The highest BCUT2D eigenvalue weighted by Crippen LogP contribution is 2.09. The van der Waals surface area contributed by atoms with Crippen LogP contribution in [0.3, 0.4) is 0 Å². The van der Waals surface area contributed by atoms with E-state index >= 15 is 0 Å². The van der Waals surface area contributed by atoms with Gasteiger partial charge in [0.25, 0.3) is 0 Å². The molecular weight excluding hydrogens is 194 g/mol. The van der Waals surface area contributed by atoms with Gasteiger partial charge >= 0.3 is 0 Å². The Balaban J connectivity index is 0.000000791. The minimum atomic E-state index is 0.528. The van der Waals surface area contributed by atoms with Crippen LogP contribution in [0.5, 0.6) is 0 Å². The Morgan fingerprint density at radius 2 is 1.64 bits per heavy atom. The number of halogens is 1. The van der Waals surface area contributed by atoms with Gasteiger partial charge < -0.3 is 5.32 Å².